The molecule has 0 saturated heterocycles. The Balaban J connectivity index is 0.00000144. The molecule has 0 aliphatic heterocycles. The molecule has 2 rings (SSSR count). The standard InChI is InChI=1S/C12H10O2S2.Li/c1-15-11-7-6-10(16-11)8-2-4-9(5-3-8)12(13)14;/h2-7H,1H3,(H,13,14);/q;+1/p-1. The van der Waals surface area contributed by atoms with Gasteiger partial charge in [0.05, 0.1) is 10.2 Å². The molecular formula is C12H9LiO2S2. The summed E-state index contributed by atoms with van der Waals surface area (Å²) in [6, 6.07) is 10.9. The van der Waals surface area contributed by atoms with Crippen molar-refractivity contribution in [3.05, 3.63) is 42.0 Å². The van der Waals surface area contributed by atoms with Crippen LogP contribution in [0.15, 0.2) is 40.6 Å². The zero-order valence-electron chi connectivity index (χ0n) is 9.60. The predicted octanol–water partition coefficient (Wildman–Crippen LogP) is -0.496. The third-order valence-electron chi connectivity index (χ3n) is 2.19. The van der Waals surface area contributed by atoms with Gasteiger partial charge in [-0.2, -0.15) is 0 Å². The monoisotopic (exact) mass is 256 g/mol. The molecule has 0 N–H and O–H groups in total. The van der Waals surface area contributed by atoms with Gasteiger partial charge in [-0.25, -0.2) is 0 Å². The van der Waals surface area contributed by atoms with Gasteiger partial charge in [-0.3, -0.25) is 0 Å². The number of rotatable bonds is 3. The Kier molecular flexibility index (Phi) is 5.35. The molecule has 2 nitrogen and oxygen atoms in total. The average Bonchev–Trinajstić information content (AvgIpc) is 2.77. The molecule has 0 atom stereocenters. The van der Waals surface area contributed by atoms with Gasteiger partial charge in [0.15, 0.2) is 0 Å². The minimum atomic E-state index is -1.14. The molecule has 0 aliphatic carbocycles. The first-order chi connectivity index (χ1) is 7.70. The second kappa shape index (κ2) is 6.32. The molecule has 82 valence electrons. The molecule has 5 heteroatoms. The summed E-state index contributed by atoms with van der Waals surface area (Å²) in [6.45, 7) is 0. The summed E-state index contributed by atoms with van der Waals surface area (Å²) in [5.41, 5.74) is 1.25. The van der Waals surface area contributed by atoms with E-state index in [2.05, 4.69) is 6.07 Å². The summed E-state index contributed by atoms with van der Waals surface area (Å²) in [4.78, 5) is 11.7. The largest absolute Gasteiger partial charge is 1.00 e. The molecule has 1 heterocycles. The molecule has 0 bridgehead atoms. The van der Waals surface area contributed by atoms with Crippen LogP contribution in [0.2, 0.25) is 0 Å². The average molecular weight is 256 g/mol. The van der Waals surface area contributed by atoms with Crippen LogP contribution in [0.3, 0.4) is 0 Å². The number of hydrogen-bond donors (Lipinski definition) is 0. The first-order valence-corrected chi connectivity index (χ1v) is 6.70. The number of carboxylic acids is 1. The molecule has 0 radical (unpaired) electrons. The van der Waals surface area contributed by atoms with Gasteiger partial charge >= 0.3 is 18.9 Å². The molecule has 0 fully saturated rings. The number of hydrogen-bond acceptors (Lipinski definition) is 4. The number of aromatic carboxylic acids is 1. The number of carboxylic acid groups (broad SMARTS) is 1. The number of carbonyl (C=O) groups is 1. The normalized spacial score (nSPS) is 9.71. The Labute approximate surface area is 120 Å². The quantitative estimate of drug-likeness (QED) is 0.549. The minimum absolute atomic E-state index is 0. The van der Waals surface area contributed by atoms with Gasteiger partial charge in [0.2, 0.25) is 0 Å². The van der Waals surface area contributed by atoms with Crippen LogP contribution in [0.1, 0.15) is 10.4 Å². The van der Waals surface area contributed by atoms with Crippen molar-refractivity contribution in [2.24, 2.45) is 0 Å². The van der Waals surface area contributed by atoms with Crippen LogP contribution < -0.4 is 24.0 Å². The van der Waals surface area contributed by atoms with Gasteiger partial charge in [-0.1, -0.05) is 24.3 Å². The summed E-state index contributed by atoms with van der Waals surface area (Å²) in [5.74, 6) is -1.14. The van der Waals surface area contributed by atoms with Crippen LogP contribution in [0.5, 0.6) is 0 Å². The molecule has 0 spiro atoms. The maximum absolute atomic E-state index is 10.6. The zero-order valence-corrected chi connectivity index (χ0v) is 11.2. The molecule has 0 aliphatic rings. The van der Waals surface area contributed by atoms with Crippen molar-refractivity contribution < 1.29 is 28.8 Å². The maximum atomic E-state index is 10.6. The molecule has 0 unspecified atom stereocenters. The Morgan fingerprint density at radius 2 is 1.82 bits per heavy atom. The van der Waals surface area contributed by atoms with E-state index in [0.29, 0.717) is 0 Å². The molecular weight excluding hydrogens is 247 g/mol. The fourth-order valence-corrected chi connectivity index (χ4v) is 2.91. The summed E-state index contributed by atoms with van der Waals surface area (Å²) >= 11 is 3.41. The van der Waals surface area contributed by atoms with Crippen molar-refractivity contribution >= 4 is 29.1 Å². The van der Waals surface area contributed by atoms with E-state index >= 15 is 0 Å². The topological polar surface area (TPSA) is 40.1 Å². The fourth-order valence-electron chi connectivity index (χ4n) is 1.36. The molecule has 0 amide bonds. The molecule has 1 aromatic carbocycles. The molecule has 0 saturated carbocycles. The van der Waals surface area contributed by atoms with E-state index in [-0.39, 0.29) is 24.4 Å². The van der Waals surface area contributed by atoms with E-state index in [9.17, 15) is 9.90 Å². The first kappa shape index (κ1) is 14.4. The van der Waals surface area contributed by atoms with Crippen LogP contribution in [0.4, 0.5) is 0 Å². The third-order valence-corrected chi connectivity index (χ3v) is 4.41. The molecule has 17 heavy (non-hydrogen) atoms. The van der Waals surface area contributed by atoms with Gasteiger partial charge in [0.25, 0.3) is 0 Å². The Bertz CT molecular complexity index is 505. The van der Waals surface area contributed by atoms with Gasteiger partial charge in [0.1, 0.15) is 0 Å². The Morgan fingerprint density at radius 1 is 1.18 bits per heavy atom. The second-order valence-corrected chi connectivity index (χ2v) is 5.38. The van der Waals surface area contributed by atoms with Crippen molar-refractivity contribution in [1.29, 1.82) is 0 Å². The SMILES string of the molecule is CSc1ccc(-c2ccc(C(=O)[O-])cc2)s1.[Li+]. The zero-order chi connectivity index (χ0) is 11.5. The van der Waals surface area contributed by atoms with Crippen molar-refractivity contribution in [3.63, 3.8) is 0 Å². The van der Waals surface area contributed by atoms with Crippen LogP contribution >= 0.6 is 23.1 Å². The molecule has 1 aromatic heterocycles. The first-order valence-electron chi connectivity index (χ1n) is 4.66. The Morgan fingerprint density at radius 3 is 2.29 bits per heavy atom. The third kappa shape index (κ3) is 3.40. The van der Waals surface area contributed by atoms with Crippen LogP contribution in [-0.4, -0.2) is 12.2 Å². The van der Waals surface area contributed by atoms with Gasteiger partial charge in [-0.15, -0.1) is 23.1 Å². The van der Waals surface area contributed by atoms with E-state index in [4.69, 9.17) is 0 Å². The van der Waals surface area contributed by atoms with Crippen molar-refractivity contribution in [2.45, 2.75) is 4.21 Å². The van der Waals surface area contributed by atoms with Crippen molar-refractivity contribution in [3.8, 4) is 10.4 Å². The van der Waals surface area contributed by atoms with Crippen LogP contribution in [0, 0.1) is 0 Å². The van der Waals surface area contributed by atoms with E-state index in [0.717, 1.165) is 10.4 Å². The van der Waals surface area contributed by atoms with Crippen molar-refractivity contribution in [2.75, 3.05) is 6.26 Å². The maximum Gasteiger partial charge on any atom is 1.00 e. The van der Waals surface area contributed by atoms with Crippen LogP contribution in [0.25, 0.3) is 10.4 Å². The number of carbonyl (C=O) groups excluding carboxylic acids is 1. The van der Waals surface area contributed by atoms with Crippen LogP contribution in [-0.2, 0) is 0 Å². The number of thioether (sulfide) groups is 1. The van der Waals surface area contributed by atoms with Gasteiger partial charge in [0, 0.05) is 4.88 Å². The van der Waals surface area contributed by atoms with E-state index in [1.807, 2.05) is 12.3 Å². The fraction of sp³-hybridized carbons (Fsp3) is 0.0833. The minimum Gasteiger partial charge on any atom is -0.545 e. The number of thiophene rings is 1. The second-order valence-electron chi connectivity index (χ2n) is 3.19. The van der Waals surface area contributed by atoms with E-state index in [1.54, 1.807) is 47.4 Å². The summed E-state index contributed by atoms with van der Waals surface area (Å²) in [5, 5.41) is 10.6. The molecule has 2 aromatic rings. The smallest absolute Gasteiger partial charge is 0.545 e. The summed E-state index contributed by atoms with van der Waals surface area (Å²) in [6.07, 6.45) is 2.04. The van der Waals surface area contributed by atoms with E-state index in [1.165, 1.54) is 4.21 Å². The summed E-state index contributed by atoms with van der Waals surface area (Å²) in [7, 11) is 0. The van der Waals surface area contributed by atoms with Crippen molar-refractivity contribution in [1.82, 2.24) is 0 Å². The predicted molar refractivity (Wildman–Crippen MR) is 65.9 cm³/mol. The van der Waals surface area contributed by atoms with Gasteiger partial charge < -0.3 is 9.90 Å². The summed E-state index contributed by atoms with van der Waals surface area (Å²) < 4.78 is 1.25. The Hall–Kier alpha value is -0.663. The van der Waals surface area contributed by atoms with E-state index < -0.39 is 5.97 Å². The van der Waals surface area contributed by atoms with Gasteiger partial charge in [-0.05, 0) is 29.5 Å². The number of benzene rings is 1.